The second-order valence-corrected chi connectivity index (χ2v) is 6.63. The van der Waals surface area contributed by atoms with Crippen LogP contribution in [0, 0.1) is 0 Å². The van der Waals surface area contributed by atoms with Crippen LogP contribution in [0.5, 0.6) is 0 Å². The van der Waals surface area contributed by atoms with Gasteiger partial charge in [-0.05, 0) is 35.9 Å². The highest BCUT2D eigenvalue weighted by molar-refractivity contribution is 6.30. The SMILES string of the molecule is O=C(Cc1ccc(Cl)cc1)Nn1nc(-c2cccnc2)c2ccccc2c1=O. The Morgan fingerprint density at radius 1 is 1.00 bits per heavy atom. The number of rotatable bonds is 4. The molecule has 6 nitrogen and oxygen atoms in total. The second kappa shape index (κ2) is 7.62. The van der Waals surface area contributed by atoms with Crippen LogP contribution < -0.4 is 11.0 Å². The van der Waals surface area contributed by atoms with Crippen molar-refractivity contribution in [1.82, 2.24) is 14.9 Å². The van der Waals surface area contributed by atoms with Crippen molar-refractivity contribution < 1.29 is 4.79 Å². The average molecular weight is 391 g/mol. The summed E-state index contributed by atoms with van der Waals surface area (Å²) in [4.78, 5) is 30.4. The molecule has 0 aliphatic carbocycles. The van der Waals surface area contributed by atoms with E-state index in [0.717, 1.165) is 15.9 Å². The molecule has 2 heterocycles. The fraction of sp³-hybridized carbons (Fsp3) is 0.0476. The van der Waals surface area contributed by atoms with E-state index in [4.69, 9.17) is 11.6 Å². The van der Waals surface area contributed by atoms with Crippen LogP contribution in [0.15, 0.2) is 77.9 Å². The van der Waals surface area contributed by atoms with Crippen LogP contribution in [0.2, 0.25) is 5.02 Å². The molecular formula is C21H15ClN4O2. The number of halogens is 1. The minimum Gasteiger partial charge on any atom is -0.273 e. The number of hydrogen-bond acceptors (Lipinski definition) is 4. The molecule has 0 atom stereocenters. The summed E-state index contributed by atoms with van der Waals surface area (Å²) in [5, 5.41) is 6.13. The molecule has 4 aromatic rings. The molecule has 0 radical (unpaired) electrons. The molecule has 4 rings (SSSR count). The lowest BCUT2D eigenvalue weighted by Gasteiger charge is -2.12. The molecule has 1 amide bonds. The molecule has 2 aromatic heterocycles. The lowest BCUT2D eigenvalue weighted by Crippen LogP contribution is -2.36. The van der Waals surface area contributed by atoms with Crippen molar-refractivity contribution in [3.05, 3.63) is 94.0 Å². The first kappa shape index (κ1) is 17.9. The maximum atomic E-state index is 12.8. The van der Waals surface area contributed by atoms with Gasteiger partial charge in [-0.2, -0.15) is 0 Å². The van der Waals surface area contributed by atoms with Gasteiger partial charge >= 0.3 is 0 Å². The zero-order chi connectivity index (χ0) is 19.5. The number of nitrogens with one attached hydrogen (secondary N) is 1. The summed E-state index contributed by atoms with van der Waals surface area (Å²) in [5.74, 6) is -0.357. The lowest BCUT2D eigenvalue weighted by atomic mass is 10.1. The van der Waals surface area contributed by atoms with Crippen LogP contribution >= 0.6 is 11.6 Å². The molecule has 2 aromatic carbocycles. The molecule has 0 saturated carbocycles. The predicted octanol–water partition coefficient (Wildman–Crippen LogP) is 3.42. The van der Waals surface area contributed by atoms with Gasteiger partial charge in [-0.25, -0.2) is 5.43 Å². The van der Waals surface area contributed by atoms with E-state index in [1.54, 1.807) is 54.9 Å². The second-order valence-electron chi connectivity index (χ2n) is 6.19. The molecule has 0 aliphatic heterocycles. The summed E-state index contributed by atoms with van der Waals surface area (Å²) >= 11 is 5.87. The van der Waals surface area contributed by atoms with Gasteiger partial charge in [0, 0.05) is 28.4 Å². The Morgan fingerprint density at radius 3 is 2.46 bits per heavy atom. The Labute approximate surface area is 165 Å². The van der Waals surface area contributed by atoms with Gasteiger partial charge in [-0.1, -0.05) is 41.9 Å². The van der Waals surface area contributed by atoms with Crippen molar-refractivity contribution >= 4 is 28.3 Å². The molecule has 138 valence electrons. The first-order valence-corrected chi connectivity index (χ1v) is 8.96. The molecule has 0 aliphatic rings. The maximum absolute atomic E-state index is 12.8. The minimum absolute atomic E-state index is 0.0976. The van der Waals surface area contributed by atoms with Crippen molar-refractivity contribution in [2.24, 2.45) is 0 Å². The zero-order valence-electron chi connectivity index (χ0n) is 14.7. The van der Waals surface area contributed by atoms with Crippen molar-refractivity contribution in [1.29, 1.82) is 0 Å². The van der Waals surface area contributed by atoms with Crippen LogP contribution in [0.3, 0.4) is 0 Å². The molecule has 0 unspecified atom stereocenters. The summed E-state index contributed by atoms with van der Waals surface area (Å²) in [6.45, 7) is 0. The number of benzene rings is 2. The minimum atomic E-state index is -0.396. The number of carbonyl (C=O) groups excluding carboxylic acids is 1. The fourth-order valence-electron chi connectivity index (χ4n) is 2.93. The average Bonchev–Trinajstić information content (AvgIpc) is 2.72. The zero-order valence-corrected chi connectivity index (χ0v) is 15.4. The smallest absolute Gasteiger partial charge is 0.273 e. The Bertz CT molecular complexity index is 1200. The molecule has 0 fully saturated rings. The Hall–Kier alpha value is -3.51. The highest BCUT2D eigenvalue weighted by atomic mass is 35.5. The first-order valence-electron chi connectivity index (χ1n) is 8.58. The van der Waals surface area contributed by atoms with Gasteiger partial charge in [-0.3, -0.25) is 14.6 Å². The number of carbonyl (C=O) groups is 1. The molecule has 1 N–H and O–H groups in total. The molecule has 0 saturated heterocycles. The third-order valence-corrected chi connectivity index (χ3v) is 4.50. The van der Waals surface area contributed by atoms with Crippen LogP contribution in [0.4, 0.5) is 0 Å². The van der Waals surface area contributed by atoms with Crippen molar-refractivity contribution in [2.45, 2.75) is 6.42 Å². The van der Waals surface area contributed by atoms with Gasteiger partial charge in [0.1, 0.15) is 5.69 Å². The molecule has 28 heavy (non-hydrogen) atoms. The van der Waals surface area contributed by atoms with E-state index in [0.29, 0.717) is 21.5 Å². The number of aromatic nitrogens is 3. The van der Waals surface area contributed by atoms with E-state index in [9.17, 15) is 9.59 Å². The normalized spacial score (nSPS) is 10.8. The fourth-order valence-corrected chi connectivity index (χ4v) is 3.05. The van der Waals surface area contributed by atoms with E-state index < -0.39 is 5.56 Å². The van der Waals surface area contributed by atoms with Gasteiger partial charge in [-0.15, -0.1) is 9.89 Å². The van der Waals surface area contributed by atoms with E-state index in [-0.39, 0.29) is 12.3 Å². The predicted molar refractivity (Wildman–Crippen MR) is 109 cm³/mol. The summed E-state index contributed by atoms with van der Waals surface area (Å²) < 4.78 is 0. The van der Waals surface area contributed by atoms with Crippen LogP contribution in [0.25, 0.3) is 22.0 Å². The third-order valence-electron chi connectivity index (χ3n) is 4.25. The Kier molecular flexibility index (Phi) is 4.87. The first-order chi connectivity index (χ1) is 13.6. The summed E-state index contributed by atoms with van der Waals surface area (Å²) in [5.41, 5.74) is 4.28. The number of nitrogens with zero attached hydrogens (tertiary/aromatic N) is 3. The van der Waals surface area contributed by atoms with Gasteiger partial charge < -0.3 is 0 Å². The van der Waals surface area contributed by atoms with Crippen molar-refractivity contribution in [3.8, 4) is 11.3 Å². The highest BCUT2D eigenvalue weighted by Gasteiger charge is 2.14. The third kappa shape index (κ3) is 3.63. The maximum Gasteiger partial charge on any atom is 0.294 e. The molecule has 0 bridgehead atoms. The van der Waals surface area contributed by atoms with Crippen molar-refractivity contribution in [3.63, 3.8) is 0 Å². The van der Waals surface area contributed by atoms with Gasteiger partial charge in [0.2, 0.25) is 5.91 Å². The van der Waals surface area contributed by atoms with Crippen LogP contribution in [0.1, 0.15) is 5.56 Å². The Balaban J connectivity index is 1.73. The Morgan fingerprint density at radius 2 is 1.75 bits per heavy atom. The lowest BCUT2D eigenvalue weighted by molar-refractivity contribution is -0.116. The standard InChI is InChI=1S/C21H15ClN4O2/c22-16-9-7-14(8-10-16)12-19(27)24-26-21(28)18-6-2-1-5-17(18)20(25-26)15-4-3-11-23-13-15/h1-11,13H,12H2,(H,24,27). The topological polar surface area (TPSA) is 76.9 Å². The number of hydrogen-bond donors (Lipinski definition) is 1. The summed E-state index contributed by atoms with van der Waals surface area (Å²) in [6.07, 6.45) is 3.43. The number of amides is 1. The van der Waals surface area contributed by atoms with Gasteiger partial charge in [0.05, 0.1) is 11.8 Å². The van der Waals surface area contributed by atoms with Crippen molar-refractivity contribution in [2.75, 3.05) is 5.43 Å². The number of pyridine rings is 1. The molecule has 7 heteroatoms. The van der Waals surface area contributed by atoms with Gasteiger partial charge in [0.15, 0.2) is 0 Å². The monoisotopic (exact) mass is 390 g/mol. The largest absolute Gasteiger partial charge is 0.294 e. The highest BCUT2D eigenvalue weighted by Crippen LogP contribution is 2.23. The van der Waals surface area contributed by atoms with E-state index >= 15 is 0 Å². The summed E-state index contributed by atoms with van der Waals surface area (Å²) in [6, 6.07) is 17.7. The van der Waals surface area contributed by atoms with Crippen LogP contribution in [-0.4, -0.2) is 20.8 Å². The van der Waals surface area contributed by atoms with Gasteiger partial charge in [0.25, 0.3) is 5.56 Å². The summed E-state index contributed by atoms with van der Waals surface area (Å²) in [7, 11) is 0. The molecule has 0 spiro atoms. The van der Waals surface area contributed by atoms with E-state index in [2.05, 4.69) is 15.5 Å². The van der Waals surface area contributed by atoms with E-state index in [1.165, 1.54) is 0 Å². The van der Waals surface area contributed by atoms with E-state index in [1.807, 2.05) is 18.2 Å². The molecular weight excluding hydrogens is 376 g/mol. The van der Waals surface area contributed by atoms with Crippen LogP contribution in [-0.2, 0) is 11.2 Å². The quantitative estimate of drug-likeness (QED) is 0.579. The number of fused-ring (bicyclic) bond motifs is 1.